The maximum absolute atomic E-state index is 12.0. The minimum Gasteiger partial charge on any atom is -0.350 e. The number of carbonyl (C=O) groups is 1. The van der Waals surface area contributed by atoms with Crippen LogP contribution >= 0.6 is 0 Å². The number of aromatic nitrogens is 2. The van der Waals surface area contributed by atoms with Crippen molar-refractivity contribution in [2.45, 2.75) is 27.7 Å². The fraction of sp³-hybridized carbons (Fsp3) is 0.353. The van der Waals surface area contributed by atoms with Crippen molar-refractivity contribution in [3.8, 4) is 0 Å². The Balaban J connectivity index is 2.14. The largest absolute Gasteiger partial charge is 0.350 e. The van der Waals surface area contributed by atoms with Gasteiger partial charge in [-0.05, 0) is 37.0 Å². The average Bonchev–Trinajstić information content (AvgIpc) is 2.49. The third-order valence-electron chi connectivity index (χ3n) is 3.23. The Morgan fingerprint density at radius 2 is 1.95 bits per heavy atom. The molecule has 0 atom stereocenters. The van der Waals surface area contributed by atoms with Gasteiger partial charge in [0.1, 0.15) is 17.8 Å². The van der Waals surface area contributed by atoms with Gasteiger partial charge >= 0.3 is 0 Å². The van der Waals surface area contributed by atoms with E-state index in [-0.39, 0.29) is 5.91 Å². The van der Waals surface area contributed by atoms with Gasteiger partial charge in [-0.15, -0.1) is 0 Å². The van der Waals surface area contributed by atoms with E-state index in [1.54, 1.807) is 6.07 Å². The van der Waals surface area contributed by atoms with Crippen LogP contribution in [0.3, 0.4) is 0 Å². The van der Waals surface area contributed by atoms with Crippen LogP contribution < -0.4 is 10.6 Å². The summed E-state index contributed by atoms with van der Waals surface area (Å²) in [6, 6.07) is 7.83. The molecule has 0 fully saturated rings. The molecule has 1 aromatic heterocycles. The van der Waals surface area contributed by atoms with E-state index in [1.807, 2.05) is 27.7 Å². The number of hydrogen-bond acceptors (Lipinski definition) is 4. The number of carbonyl (C=O) groups excluding carboxylic acids is 1. The van der Waals surface area contributed by atoms with Gasteiger partial charge in [-0.1, -0.05) is 26.0 Å². The van der Waals surface area contributed by atoms with Crippen molar-refractivity contribution >= 4 is 17.4 Å². The van der Waals surface area contributed by atoms with Gasteiger partial charge in [0.2, 0.25) is 0 Å². The van der Waals surface area contributed by atoms with Gasteiger partial charge < -0.3 is 10.6 Å². The molecule has 0 aliphatic carbocycles. The lowest BCUT2D eigenvalue weighted by atomic mass is 10.1. The van der Waals surface area contributed by atoms with Crippen LogP contribution in [0.5, 0.6) is 0 Å². The highest BCUT2D eigenvalue weighted by molar-refractivity contribution is 5.93. The molecule has 22 heavy (non-hydrogen) atoms. The zero-order chi connectivity index (χ0) is 16.1. The molecule has 0 bridgehead atoms. The van der Waals surface area contributed by atoms with Crippen molar-refractivity contribution in [1.82, 2.24) is 15.3 Å². The van der Waals surface area contributed by atoms with Crippen molar-refractivity contribution in [2.24, 2.45) is 5.92 Å². The lowest BCUT2D eigenvalue weighted by molar-refractivity contribution is 0.0944. The number of nitrogens with one attached hydrogen (secondary N) is 2. The van der Waals surface area contributed by atoms with Crippen LogP contribution in [0.2, 0.25) is 0 Å². The van der Waals surface area contributed by atoms with Gasteiger partial charge in [-0.2, -0.15) is 0 Å². The van der Waals surface area contributed by atoms with E-state index >= 15 is 0 Å². The van der Waals surface area contributed by atoms with Gasteiger partial charge in [0.15, 0.2) is 0 Å². The van der Waals surface area contributed by atoms with Crippen molar-refractivity contribution < 1.29 is 4.79 Å². The zero-order valence-corrected chi connectivity index (χ0v) is 13.5. The Morgan fingerprint density at radius 3 is 2.68 bits per heavy atom. The number of anilines is 2. The Labute approximate surface area is 131 Å². The number of rotatable bonds is 5. The van der Waals surface area contributed by atoms with Crippen molar-refractivity contribution in [2.75, 3.05) is 11.9 Å². The molecular weight excluding hydrogens is 276 g/mol. The average molecular weight is 298 g/mol. The second kappa shape index (κ2) is 7.02. The van der Waals surface area contributed by atoms with Crippen LogP contribution in [0.4, 0.5) is 11.5 Å². The molecule has 116 valence electrons. The molecular formula is C17H22N4O. The normalized spacial score (nSPS) is 10.6. The fourth-order valence-electron chi connectivity index (χ4n) is 1.95. The SMILES string of the molecule is Cc1ccc(C)c(Nc2cc(C(=O)NCC(C)C)ncn2)c1. The second-order valence-corrected chi connectivity index (χ2v) is 5.84. The monoisotopic (exact) mass is 298 g/mol. The van der Waals surface area contributed by atoms with Gasteiger partial charge in [-0.3, -0.25) is 4.79 Å². The zero-order valence-electron chi connectivity index (χ0n) is 13.5. The molecule has 2 aromatic rings. The van der Waals surface area contributed by atoms with Crippen molar-refractivity contribution in [3.05, 3.63) is 47.4 Å². The van der Waals surface area contributed by atoms with Gasteiger partial charge in [-0.25, -0.2) is 9.97 Å². The lowest BCUT2D eigenvalue weighted by Gasteiger charge is -2.11. The predicted molar refractivity (Wildman–Crippen MR) is 88.4 cm³/mol. The van der Waals surface area contributed by atoms with E-state index < -0.39 is 0 Å². The van der Waals surface area contributed by atoms with Crippen molar-refractivity contribution in [1.29, 1.82) is 0 Å². The van der Waals surface area contributed by atoms with E-state index in [0.717, 1.165) is 16.8 Å². The Morgan fingerprint density at radius 1 is 1.18 bits per heavy atom. The quantitative estimate of drug-likeness (QED) is 0.889. The first-order valence-corrected chi connectivity index (χ1v) is 7.40. The fourth-order valence-corrected chi connectivity index (χ4v) is 1.95. The molecule has 5 heteroatoms. The number of amides is 1. The molecule has 0 radical (unpaired) electrons. The van der Waals surface area contributed by atoms with Crippen molar-refractivity contribution in [3.63, 3.8) is 0 Å². The van der Waals surface area contributed by atoms with Crippen LogP contribution in [0.25, 0.3) is 0 Å². The molecule has 2 rings (SSSR count). The molecule has 0 aliphatic rings. The maximum Gasteiger partial charge on any atom is 0.270 e. The number of hydrogen-bond donors (Lipinski definition) is 2. The van der Waals surface area contributed by atoms with E-state index in [0.29, 0.717) is 24.0 Å². The summed E-state index contributed by atoms with van der Waals surface area (Å²) in [5.74, 6) is 0.830. The summed E-state index contributed by atoms with van der Waals surface area (Å²) in [5.41, 5.74) is 3.63. The molecule has 0 saturated heterocycles. The van der Waals surface area contributed by atoms with Gasteiger partial charge in [0, 0.05) is 18.3 Å². The summed E-state index contributed by atoms with van der Waals surface area (Å²) in [6.07, 6.45) is 1.40. The Bertz CT molecular complexity index is 667. The summed E-state index contributed by atoms with van der Waals surface area (Å²) < 4.78 is 0. The Hall–Kier alpha value is -2.43. The first-order chi connectivity index (χ1) is 10.5. The predicted octanol–water partition coefficient (Wildman–Crippen LogP) is 3.22. The van der Waals surface area contributed by atoms with Crippen LogP contribution in [-0.4, -0.2) is 22.4 Å². The molecule has 0 aliphatic heterocycles. The summed E-state index contributed by atoms with van der Waals surface area (Å²) in [4.78, 5) is 20.3. The number of benzene rings is 1. The first-order valence-electron chi connectivity index (χ1n) is 7.40. The van der Waals surface area contributed by atoms with E-state index in [4.69, 9.17) is 0 Å². The molecule has 0 saturated carbocycles. The molecule has 2 N–H and O–H groups in total. The smallest absolute Gasteiger partial charge is 0.270 e. The van der Waals surface area contributed by atoms with Crippen LogP contribution in [0, 0.1) is 19.8 Å². The summed E-state index contributed by atoms with van der Waals surface area (Å²) in [6.45, 7) is 8.79. The Kier molecular flexibility index (Phi) is 5.09. The van der Waals surface area contributed by atoms with Crippen LogP contribution in [0.15, 0.2) is 30.6 Å². The highest BCUT2D eigenvalue weighted by atomic mass is 16.1. The first kappa shape index (κ1) is 15.9. The standard InChI is InChI=1S/C17H22N4O/c1-11(2)9-18-17(22)15-8-16(20-10-19-15)21-14-7-12(3)5-6-13(14)4/h5-8,10-11H,9H2,1-4H3,(H,18,22)(H,19,20,21). The molecule has 1 aromatic carbocycles. The maximum atomic E-state index is 12.0. The topological polar surface area (TPSA) is 66.9 Å². The summed E-state index contributed by atoms with van der Waals surface area (Å²) >= 11 is 0. The van der Waals surface area contributed by atoms with E-state index in [1.165, 1.54) is 6.33 Å². The highest BCUT2D eigenvalue weighted by Crippen LogP contribution is 2.20. The molecule has 1 heterocycles. The summed E-state index contributed by atoms with van der Waals surface area (Å²) in [5, 5.41) is 6.10. The third-order valence-corrected chi connectivity index (χ3v) is 3.23. The molecule has 5 nitrogen and oxygen atoms in total. The van der Waals surface area contributed by atoms with E-state index in [2.05, 4.69) is 38.8 Å². The highest BCUT2D eigenvalue weighted by Gasteiger charge is 2.09. The summed E-state index contributed by atoms with van der Waals surface area (Å²) in [7, 11) is 0. The molecule has 0 spiro atoms. The minimum absolute atomic E-state index is 0.180. The van der Waals surface area contributed by atoms with Gasteiger partial charge in [0.05, 0.1) is 0 Å². The van der Waals surface area contributed by atoms with Crippen LogP contribution in [0.1, 0.15) is 35.5 Å². The molecule has 0 unspecified atom stereocenters. The van der Waals surface area contributed by atoms with Crippen LogP contribution in [-0.2, 0) is 0 Å². The number of aryl methyl sites for hydroxylation is 2. The van der Waals surface area contributed by atoms with Gasteiger partial charge in [0.25, 0.3) is 5.91 Å². The lowest BCUT2D eigenvalue weighted by Crippen LogP contribution is -2.28. The number of nitrogens with zero attached hydrogens (tertiary/aromatic N) is 2. The second-order valence-electron chi connectivity index (χ2n) is 5.84. The molecule has 1 amide bonds. The third kappa shape index (κ3) is 4.28. The minimum atomic E-state index is -0.180. The van der Waals surface area contributed by atoms with E-state index in [9.17, 15) is 4.79 Å².